The number of nitriles is 1. The molecule has 2 aromatic carbocycles. The molecule has 0 saturated carbocycles. The van der Waals surface area contributed by atoms with E-state index in [1.807, 2.05) is 0 Å². The second-order valence-electron chi connectivity index (χ2n) is 4.14. The van der Waals surface area contributed by atoms with Gasteiger partial charge in [-0.3, -0.25) is 0 Å². The van der Waals surface area contributed by atoms with E-state index < -0.39 is 5.23 Å². The molecule has 0 aliphatic rings. The van der Waals surface area contributed by atoms with Gasteiger partial charge in [0.25, 0.3) is 0 Å². The van der Waals surface area contributed by atoms with E-state index in [0.29, 0.717) is 11.1 Å². The topological polar surface area (TPSA) is 91.8 Å². The highest BCUT2D eigenvalue weighted by Crippen LogP contribution is 2.20. The summed E-state index contributed by atoms with van der Waals surface area (Å²) in [6.45, 7) is 0. The van der Waals surface area contributed by atoms with Crippen molar-refractivity contribution in [2.24, 2.45) is 0 Å². The summed E-state index contributed by atoms with van der Waals surface area (Å²) >= 11 is 0. The molecule has 0 aliphatic carbocycles. The molecule has 5 nitrogen and oxygen atoms in total. The minimum absolute atomic E-state index is 0.159. The number of nitrogens with one attached hydrogen (secondary N) is 1. The minimum atomic E-state index is -1.00. The summed E-state index contributed by atoms with van der Waals surface area (Å²) in [5.74, 6) is 0.159. The fourth-order valence-electron chi connectivity index (χ4n) is 1.71. The Hall–Kier alpha value is -2.65. The van der Waals surface area contributed by atoms with E-state index in [9.17, 15) is 15.6 Å². The van der Waals surface area contributed by atoms with E-state index in [-0.39, 0.29) is 11.4 Å². The van der Waals surface area contributed by atoms with Crippen molar-refractivity contribution in [3.05, 3.63) is 64.9 Å². The molecule has 0 spiro atoms. The van der Waals surface area contributed by atoms with E-state index in [2.05, 4.69) is 6.07 Å². The third-order valence-corrected chi connectivity index (χ3v) is 2.77. The number of hydrogen-bond acceptors (Lipinski definition) is 4. The summed E-state index contributed by atoms with van der Waals surface area (Å²) in [5.41, 5.74) is 2.02. The molecule has 5 heteroatoms. The van der Waals surface area contributed by atoms with Crippen LogP contribution in [0.15, 0.2) is 48.5 Å². The first-order chi connectivity index (χ1) is 9.60. The molecule has 100 valence electrons. The number of allylic oxidation sites excluding steroid dienone is 1. The van der Waals surface area contributed by atoms with Crippen molar-refractivity contribution in [3.8, 4) is 11.8 Å². The van der Waals surface area contributed by atoms with Crippen LogP contribution in [0.4, 0.5) is 5.69 Å². The molecule has 2 aromatic rings. The number of quaternary nitrogens is 1. The van der Waals surface area contributed by atoms with Gasteiger partial charge in [0.2, 0.25) is 0 Å². The van der Waals surface area contributed by atoms with Crippen LogP contribution in [-0.2, 0) is 0 Å². The lowest BCUT2D eigenvalue weighted by Gasteiger charge is -2.11. The average Bonchev–Trinajstić information content (AvgIpc) is 2.47. The van der Waals surface area contributed by atoms with Gasteiger partial charge in [0, 0.05) is 12.1 Å². The van der Waals surface area contributed by atoms with Gasteiger partial charge in [0.1, 0.15) is 5.75 Å². The Morgan fingerprint density at radius 2 is 1.70 bits per heavy atom. The number of rotatable bonds is 3. The molecular formula is C15H12N2O3. The van der Waals surface area contributed by atoms with E-state index in [1.165, 1.54) is 24.3 Å². The van der Waals surface area contributed by atoms with Crippen LogP contribution in [-0.4, -0.2) is 10.3 Å². The highest BCUT2D eigenvalue weighted by atomic mass is 16.8. The Morgan fingerprint density at radius 3 is 2.20 bits per heavy atom. The summed E-state index contributed by atoms with van der Waals surface area (Å²) in [6, 6.07) is 14.6. The van der Waals surface area contributed by atoms with Gasteiger partial charge >= 0.3 is 0 Å². The fourth-order valence-corrected chi connectivity index (χ4v) is 1.71. The maximum absolute atomic E-state index is 10.8. The van der Waals surface area contributed by atoms with Crippen LogP contribution in [0.2, 0.25) is 0 Å². The first-order valence-electron chi connectivity index (χ1n) is 5.85. The van der Waals surface area contributed by atoms with Gasteiger partial charge in [0.15, 0.2) is 5.69 Å². The zero-order valence-corrected chi connectivity index (χ0v) is 10.4. The largest absolute Gasteiger partial charge is 0.595 e. The third-order valence-electron chi connectivity index (χ3n) is 2.77. The Bertz CT molecular complexity index is 653. The summed E-state index contributed by atoms with van der Waals surface area (Å²) in [4.78, 5) is 0. The monoisotopic (exact) mass is 268 g/mol. The molecule has 0 radical (unpaired) electrons. The van der Waals surface area contributed by atoms with Crippen molar-refractivity contribution in [1.29, 1.82) is 5.26 Å². The quantitative estimate of drug-likeness (QED) is 0.450. The SMILES string of the molecule is N#C/C(=C\c1ccc(O)cc1)c1ccc([NH+]([O-])O)cc1. The van der Waals surface area contributed by atoms with Crippen LogP contribution in [0.25, 0.3) is 11.6 Å². The predicted molar refractivity (Wildman–Crippen MR) is 73.8 cm³/mol. The molecule has 0 bridgehead atoms. The lowest BCUT2D eigenvalue weighted by Crippen LogP contribution is -2.99. The number of benzene rings is 2. The van der Waals surface area contributed by atoms with Gasteiger partial charge in [0.05, 0.1) is 11.6 Å². The fraction of sp³-hybridized carbons (Fsp3) is 0. The van der Waals surface area contributed by atoms with Crippen molar-refractivity contribution < 1.29 is 15.5 Å². The maximum Gasteiger partial charge on any atom is 0.163 e. The predicted octanol–water partition coefficient (Wildman–Crippen LogP) is 1.86. The Labute approximate surface area is 115 Å². The second kappa shape index (κ2) is 5.99. The molecule has 2 rings (SSSR count). The Kier molecular flexibility index (Phi) is 4.13. The van der Waals surface area contributed by atoms with Crippen molar-refractivity contribution in [2.75, 3.05) is 0 Å². The van der Waals surface area contributed by atoms with Crippen LogP contribution in [0.5, 0.6) is 5.75 Å². The molecule has 0 saturated heterocycles. The van der Waals surface area contributed by atoms with Crippen LogP contribution in [0, 0.1) is 16.5 Å². The van der Waals surface area contributed by atoms with Gasteiger partial charge in [-0.15, -0.1) is 0 Å². The number of aromatic hydroxyl groups is 1. The zero-order chi connectivity index (χ0) is 14.5. The summed E-state index contributed by atoms with van der Waals surface area (Å²) in [7, 11) is 0. The second-order valence-corrected chi connectivity index (χ2v) is 4.14. The first-order valence-corrected chi connectivity index (χ1v) is 5.85. The molecule has 0 aliphatic heterocycles. The van der Waals surface area contributed by atoms with E-state index in [4.69, 9.17) is 5.21 Å². The third kappa shape index (κ3) is 3.22. The Balaban J connectivity index is 2.32. The first kappa shape index (κ1) is 13.8. The van der Waals surface area contributed by atoms with Gasteiger partial charge in [-0.05, 0) is 41.5 Å². The van der Waals surface area contributed by atoms with Gasteiger partial charge < -0.3 is 10.3 Å². The standard InChI is InChI=1S/C15H12N2O3/c16-10-13(9-11-1-7-15(18)8-2-11)12-3-5-14(6-4-12)17(19)20/h1-9,17-19H/b13-9+. The molecule has 1 unspecified atom stereocenters. The zero-order valence-electron chi connectivity index (χ0n) is 10.4. The molecule has 0 fully saturated rings. The van der Waals surface area contributed by atoms with Crippen LogP contribution in [0.1, 0.15) is 11.1 Å². The molecule has 1 atom stereocenters. The van der Waals surface area contributed by atoms with E-state index in [1.54, 1.807) is 30.3 Å². The molecule has 0 aromatic heterocycles. The normalized spacial score (nSPS) is 12.8. The van der Waals surface area contributed by atoms with Gasteiger partial charge in [-0.25, -0.2) is 5.21 Å². The summed E-state index contributed by atoms with van der Waals surface area (Å²) < 4.78 is 0. The molecule has 0 heterocycles. The van der Waals surface area contributed by atoms with Crippen molar-refractivity contribution >= 4 is 17.3 Å². The summed E-state index contributed by atoms with van der Waals surface area (Å²) in [5, 5.41) is 37.0. The van der Waals surface area contributed by atoms with Gasteiger partial charge in [-0.1, -0.05) is 12.1 Å². The molecule has 20 heavy (non-hydrogen) atoms. The van der Waals surface area contributed by atoms with Gasteiger partial charge in [-0.2, -0.15) is 10.5 Å². The number of nitrogens with zero attached hydrogens (tertiary/aromatic N) is 1. The van der Waals surface area contributed by atoms with Crippen LogP contribution < -0.4 is 5.23 Å². The maximum atomic E-state index is 10.8. The molecular weight excluding hydrogens is 256 g/mol. The lowest BCUT2D eigenvalue weighted by molar-refractivity contribution is -0.991. The van der Waals surface area contributed by atoms with Crippen LogP contribution in [0.3, 0.4) is 0 Å². The molecule has 0 amide bonds. The van der Waals surface area contributed by atoms with Crippen LogP contribution >= 0.6 is 0 Å². The van der Waals surface area contributed by atoms with E-state index >= 15 is 0 Å². The highest BCUT2D eigenvalue weighted by Gasteiger charge is 2.04. The van der Waals surface area contributed by atoms with Crippen molar-refractivity contribution in [3.63, 3.8) is 0 Å². The smallest absolute Gasteiger partial charge is 0.163 e. The number of phenols is 1. The van der Waals surface area contributed by atoms with Crippen molar-refractivity contribution in [1.82, 2.24) is 0 Å². The van der Waals surface area contributed by atoms with E-state index in [0.717, 1.165) is 5.56 Å². The average molecular weight is 268 g/mol. The molecule has 3 N–H and O–H groups in total. The number of hydrogen-bond donors (Lipinski definition) is 3. The highest BCUT2D eigenvalue weighted by molar-refractivity contribution is 5.89. The minimum Gasteiger partial charge on any atom is -0.595 e. The lowest BCUT2D eigenvalue weighted by atomic mass is 10.0. The number of phenolic OH excluding ortho intramolecular Hbond substituents is 1. The Morgan fingerprint density at radius 1 is 1.10 bits per heavy atom. The summed E-state index contributed by atoms with van der Waals surface area (Å²) in [6.07, 6.45) is 1.68. The van der Waals surface area contributed by atoms with Crippen molar-refractivity contribution in [2.45, 2.75) is 0 Å².